The van der Waals surface area contributed by atoms with Crippen LogP contribution in [0.5, 0.6) is 0 Å². The fourth-order valence-electron chi connectivity index (χ4n) is 10.4. The molecule has 0 bridgehead atoms. The van der Waals surface area contributed by atoms with Crippen LogP contribution < -0.4 is 0 Å². The zero-order chi connectivity index (χ0) is 59.9. The molecule has 6 heteroatoms. The highest BCUT2D eigenvalue weighted by atomic mass is 16.6. The van der Waals surface area contributed by atoms with Crippen molar-refractivity contribution < 1.29 is 28.6 Å². The van der Waals surface area contributed by atoms with Gasteiger partial charge in [-0.1, -0.05) is 311 Å². The minimum absolute atomic E-state index is 0.0814. The standard InChI is InChI=1S/C77H136O6/c1-4-7-10-13-16-19-22-25-28-31-34-37-38-41-43-46-49-52-55-58-61-64-67-70-76(79)82-73-74(83-77(80)71-68-65-62-59-56-53-50-47-44-40-36-33-30-27-24-21-18-15-12-9-6-3)72-81-75(78)69-66-63-60-57-54-51-48-45-42-39-35-32-29-26-23-20-17-14-11-8-5-2/h22-27,31-36,38,41,74H,4-21,28-30,37,39-40,42-73H2,1-3H3/b25-22-,26-23-,27-24-,34-31-,35-32-,36-33-,41-38-. The molecular formula is C77H136O6. The molecule has 0 aromatic carbocycles. The second-order valence-corrected chi connectivity index (χ2v) is 24.1. The van der Waals surface area contributed by atoms with Gasteiger partial charge < -0.3 is 14.2 Å². The van der Waals surface area contributed by atoms with Crippen molar-refractivity contribution in [3.05, 3.63) is 85.1 Å². The lowest BCUT2D eigenvalue weighted by Crippen LogP contribution is -2.30. The summed E-state index contributed by atoms with van der Waals surface area (Å²) < 4.78 is 17.0. The average molecular weight is 1160 g/mol. The molecule has 0 amide bonds. The summed E-state index contributed by atoms with van der Waals surface area (Å²) in [6.45, 7) is 6.65. The van der Waals surface area contributed by atoms with Gasteiger partial charge in [-0.2, -0.15) is 0 Å². The van der Waals surface area contributed by atoms with Crippen LogP contribution >= 0.6 is 0 Å². The van der Waals surface area contributed by atoms with Gasteiger partial charge in [-0.15, -0.1) is 0 Å². The number of rotatable bonds is 66. The van der Waals surface area contributed by atoms with Crippen LogP contribution in [0.1, 0.15) is 367 Å². The Hall–Kier alpha value is -3.41. The molecule has 0 heterocycles. The summed E-state index contributed by atoms with van der Waals surface area (Å²) in [6.07, 6.45) is 94.5. The van der Waals surface area contributed by atoms with Crippen molar-refractivity contribution in [1.29, 1.82) is 0 Å². The van der Waals surface area contributed by atoms with Gasteiger partial charge in [0.05, 0.1) is 0 Å². The number of ether oxygens (including phenoxy) is 3. The van der Waals surface area contributed by atoms with Gasteiger partial charge in [0.25, 0.3) is 0 Å². The summed E-state index contributed by atoms with van der Waals surface area (Å²) >= 11 is 0. The molecule has 0 aliphatic heterocycles. The van der Waals surface area contributed by atoms with E-state index in [1.165, 1.54) is 238 Å². The SMILES string of the molecule is CCCCCCC/C=C\C/C=C\C/C=C\CCCCCCCCCCC(=O)OCC(COC(=O)CCCCCCCCCCC/C=C\C/C=C\CCCCCCC)OC(=O)CCCCCCCCCCC/C=C\C/C=C\CCCCCCC. The molecule has 0 saturated carbocycles. The van der Waals surface area contributed by atoms with Crippen LogP contribution in [0.4, 0.5) is 0 Å². The monoisotopic (exact) mass is 1160 g/mol. The Morgan fingerprint density at radius 3 is 0.675 bits per heavy atom. The van der Waals surface area contributed by atoms with Crippen molar-refractivity contribution in [2.45, 2.75) is 374 Å². The van der Waals surface area contributed by atoms with E-state index in [-0.39, 0.29) is 31.1 Å². The van der Waals surface area contributed by atoms with Crippen molar-refractivity contribution in [2.75, 3.05) is 13.2 Å². The lowest BCUT2D eigenvalue weighted by molar-refractivity contribution is -0.167. The number of allylic oxidation sites excluding steroid dienone is 14. The van der Waals surface area contributed by atoms with Gasteiger partial charge in [-0.25, -0.2) is 0 Å². The summed E-state index contributed by atoms with van der Waals surface area (Å²) in [6, 6.07) is 0. The van der Waals surface area contributed by atoms with E-state index in [0.29, 0.717) is 19.3 Å². The lowest BCUT2D eigenvalue weighted by atomic mass is 10.1. The molecule has 0 aromatic heterocycles. The minimum atomic E-state index is -0.787. The van der Waals surface area contributed by atoms with Crippen molar-refractivity contribution in [2.24, 2.45) is 0 Å². The molecule has 0 saturated heterocycles. The molecule has 0 fully saturated rings. The Bertz CT molecular complexity index is 1570. The molecule has 0 aromatic rings. The molecule has 0 aliphatic carbocycles. The largest absolute Gasteiger partial charge is 0.462 e. The third kappa shape index (κ3) is 69.3. The number of esters is 3. The highest BCUT2D eigenvalue weighted by Crippen LogP contribution is 2.17. The molecule has 0 radical (unpaired) electrons. The maximum absolute atomic E-state index is 13.0. The molecule has 0 N–H and O–H groups in total. The van der Waals surface area contributed by atoms with Gasteiger partial charge in [0, 0.05) is 19.3 Å². The van der Waals surface area contributed by atoms with Gasteiger partial charge in [-0.3, -0.25) is 14.4 Å². The summed E-state index contributed by atoms with van der Waals surface area (Å²) in [7, 11) is 0. The van der Waals surface area contributed by atoms with Crippen LogP contribution in [0.25, 0.3) is 0 Å². The molecule has 480 valence electrons. The first kappa shape index (κ1) is 79.6. The number of hydrogen-bond donors (Lipinski definition) is 0. The fourth-order valence-corrected chi connectivity index (χ4v) is 10.4. The first-order valence-corrected chi connectivity index (χ1v) is 36.1. The quantitative estimate of drug-likeness (QED) is 0.0261. The highest BCUT2D eigenvalue weighted by molar-refractivity contribution is 5.71. The van der Waals surface area contributed by atoms with Crippen molar-refractivity contribution in [3.63, 3.8) is 0 Å². The molecule has 1 unspecified atom stereocenters. The van der Waals surface area contributed by atoms with E-state index in [1.54, 1.807) is 0 Å². The number of carbonyl (C=O) groups excluding carboxylic acids is 3. The van der Waals surface area contributed by atoms with E-state index in [1.807, 2.05) is 0 Å². The van der Waals surface area contributed by atoms with E-state index < -0.39 is 6.10 Å². The normalized spacial score (nSPS) is 12.6. The van der Waals surface area contributed by atoms with Gasteiger partial charge in [0.15, 0.2) is 6.10 Å². The number of hydrogen-bond acceptors (Lipinski definition) is 6. The molecule has 6 nitrogen and oxygen atoms in total. The van der Waals surface area contributed by atoms with Crippen LogP contribution in [0.3, 0.4) is 0 Å². The predicted octanol–water partition coefficient (Wildman–Crippen LogP) is 25.0. The third-order valence-corrected chi connectivity index (χ3v) is 15.8. The van der Waals surface area contributed by atoms with Crippen LogP contribution in [0.2, 0.25) is 0 Å². The van der Waals surface area contributed by atoms with Gasteiger partial charge >= 0.3 is 17.9 Å². The summed E-state index contributed by atoms with van der Waals surface area (Å²) in [4.78, 5) is 38.5. The topological polar surface area (TPSA) is 78.9 Å². The maximum atomic E-state index is 13.0. The van der Waals surface area contributed by atoms with Crippen molar-refractivity contribution >= 4 is 17.9 Å². The van der Waals surface area contributed by atoms with Gasteiger partial charge in [0.2, 0.25) is 0 Å². The van der Waals surface area contributed by atoms with Crippen LogP contribution in [0, 0.1) is 0 Å². The average Bonchev–Trinajstić information content (AvgIpc) is 3.49. The van der Waals surface area contributed by atoms with Crippen molar-refractivity contribution in [1.82, 2.24) is 0 Å². The summed E-state index contributed by atoms with van der Waals surface area (Å²) in [5.74, 6) is -0.878. The molecule has 0 spiro atoms. The third-order valence-electron chi connectivity index (χ3n) is 15.8. The van der Waals surface area contributed by atoms with E-state index in [9.17, 15) is 14.4 Å². The fraction of sp³-hybridized carbons (Fsp3) is 0.779. The van der Waals surface area contributed by atoms with E-state index >= 15 is 0 Å². The second-order valence-electron chi connectivity index (χ2n) is 24.1. The Morgan fingerprint density at radius 2 is 0.434 bits per heavy atom. The predicted molar refractivity (Wildman–Crippen MR) is 362 cm³/mol. The van der Waals surface area contributed by atoms with Crippen LogP contribution in [-0.2, 0) is 28.6 Å². The zero-order valence-corrected chi connectivity index (χ0v) is 55.2. The molecule has 83 heavy (non-hydrogen) atoms. The van der Waals surface area contributed by atoms with Gasteiger partial charge in [-0.05, 0) is 122 Å². The second kappa shape index (κ2) is 71.1. The molecular weight excluding hydrogens is 1020 g/mol. The highest BCUT2D eigenvalue weighted by Gasteiger charge is 2.19. The van der Waals surface area contributed by atoms with E-state index in [0.717, 1.165) is 89.9 Å². The van der Waals surface area contributed by atoms with E-state index in [4.69, 9.17) is 14.2 Å². The number of carbonyl (C=O) groups is 3. The first-order valence-electron chi connectivity index (χ1n) is 36.1. The minimum Gasteiger partial charge on any atom is -0.462 e. The molecule has 1 atom stereocenters. The van der Waals surface area contributed by atoms with Gasteiger partial charge in [0.1, 0.15) is 13.2 Å². The maximum Gasteiger partial charge on any atom is 0.306 e. The Labute approximate surface area is 515 Å². The van der Waals surface area contributed by atoms with Crippen LogP contribution in [0.15, 0.2) is 85.1 Å². The molecule has 0 aliphatic rings. The molecule has 0 rings (SSSR count). The Morgan fingerprint density at radius 1 is 0.241 bits per heavy atom. The zero-order valence-electron chi connectivity index (χ0n) is 55.2. The first-order chi connectivity index (χ1) is 41.0. The lowest BCUT2D eigenvalue weighted by Gasteiger charge is -2.18. The van der Waals surface area contributed by atoms with Crippen LogP contribution in [-0.4, -0.2) is 37.2 Å². The Kier molecular flexibility index (Phi) is 68.2. The smallest absolute Gasteiger partial charge is 0.306 e. The Balaban J connectivity index is 4.40. The summed E-state index contributed by atoms with van der Waals surface area (Å²) in [5.41, 5.74) is 0. The van der Waals surface area contributed by atoms with Crippen molar-refractivity contribution in [3.8, 4) is 0 Å². The summed E-state index contributed by atoms with van der Waals surface area (Å²) in [5, 5.41) is 0. The number of unbranched alkanes of at least 4 members (excludes halogenated alkanes) is 41. The van der Waals surface area contributed by atoms with E-state index in [2.05, 4.69) is 106 Å².